The molecule has 0 atom stereocenters. The van der Waals surface area contributed by atoms with Gasteiger partial charge in [-0.15, -0.1) is 0 Å². The van der Waals surface area contributed by atoms with Crippen LogP contribution in [0.4, 0.5) is 4.79 Å². The lowest BCUT2D eigenvalue weighted by atomic mass is 10.1. The summed E-state index contributed by atoms with van der Waals surface area (Å²) in [6.07, 6.45) is 1.52. The molecule has 7 nitrogen and oxygen atoms in total. The van der Waals surface area contributed by atoms with Crippen molar-refractivity contribution in [2.45, 2.75) is 19.9 Å². The number of hydrogen-bond acceptors (Lipinski definition) is 6. The van der Waals surface area contributed by atoms with Crippen molar-refractivity contribution in [2.24, 2.45) is 0 Å². The lowest BCUT2D eigenvalue weighted by Gasteiger charge is -2.13. The molecule has 0 unspecified atom stereocenters. The number of imide groups is 1. The van der Waals surface area contributed by atoms with E-state index in [2.05, 4.69) is 0 Å². The third-order valence-electron chi connectivity index (χ3n) is 4.20. The molecule has 0 radical (unpaired) electrons. The van der Waals surface area contributed by atoms with Crippen LogP contribution in [0.1, 0.15) is 24.5 Å². The fourth-order valence-electron chi connectivity index (χ4n) is 2.80. The largest absolute Gasteiger partial charge is 0.490 e. The minimum atomic E-state index is -0.948. The van der Waals surface area contributed by atoms with Gasteiger partial charge in [0.25, 0.3) is 11.1 Å². The van der Waals surface area contributed by atoms with Gasteiger partial charge < -0.3 is 14.6 Å². The van der Waals surface area contributed by atoms with Crippen LogP contribution in [-0.4, -0.2) is 40.3 Å². The zero-order valence-corrected chi connectivity index (χ0v) is 17.2. The van der Waals surface area contributed by atoms with E-state index in [1.54, 1.807) is 24.3 Å². The van der Waals surface area contributed by atoms with Crippen molar-refractivity contribution >= 4 is 35.0 Å². The zero-order chi connectivity index (χ0) is 21.5. The Hall–Kier alpha value is -3.26. The van der Waals surface area contributed by atoms with Crippen LogP contribution in [-0.2, 0) is 16.1 Å². The molecular formula is C22H21NO6S. The summed E-state index contributed by atoms with van der Waals surface area (Å²) in [5.41, 5.74) is 1.55. The molecule has 30 heavy (non-hydrogen) atoms. The third kappa shape index (κ3) is 5.42. The molecule has 8 heteroatoms. The van der Waals surface area contributed by atoms with E-state index in [4.69, 9.17) is 14.6 Å². The van der Waals surface area contributed by atoms with E-state index in [1.165, 1.54) is 4.90 Å². The molecule has 1 aliphatic heterocycles. The first-order valence-electron chi connectivity index (χ1n) is 9.38. The molecule has 1 fully saturated rings. The summed E-state index contributed by atoms with van der Waals surface area (Å²) < 4.78 is 11.1. The van der Waals surface area contributed by atoms with Crippen LogP contribution >= 0.6 is 11.8 Å². The molecule has 0 spiro atoms. The number of carboxylic acid groups (broad SMARTS) is 1. The lowest BCUT2D eigenvalue weighted by Crippen LogP contribution is -2.27. The molecule has 1 saturated heterocycles. The summed E-state index contributed by atoms with van der Waals surface area (Å²) in [6.45, 7) is 2.46. The van der Waals surface area contributed by atoms with Gasteiger partial charge >= 0.3 is 5.97 Å². The van der Waals surface area contributed by atoms with Crippen LogP contribution < -0.4 is 9.47 Å². The Kier molecular flexibility index (Phi) is 7.13. The van der Waals surface area contributed by atoms with Gasteiger partial charge in [0.1, 0.15) is 0 Å². The van der Waals surface area contributed by atoms with Gasteiger partial charge in [-0.25, -0.2) is 0 Å². The maximum Gasteiger partial charge on any atom is 0.306 e. The normalized spacial score (nSPS) is 15.0. The van der Waals surface area contributed by atoms with Crippen molar-refractivity contribution < 1.29 is 29.0 Å². The molecule has 0 bridgehead atoms. The second-order valence-corrected chi connectivity index (χ2v) is 7.38. The van der Waals surface area contributed by atoms with Crippen molar-refractivity contribution in [3.63, 3.8) is 0 Å². The standard InChI is InChI=1S/C22H21NO6S/c1-2-28-18-12-16(8-9-17(18)29-11-10-20(24)25)13-19-21(26)23(22(27)30-19)14-15-6-4-3-5-7-15/h3-9,12-13H,2,10-11,14H2,1H3,(H,24,25)/b19-13+. The summed E-state index contributed by atoms with van der Waals surface area (Å²) in [4.78, 5) is 37.2. The summed E-state index contributed by atoms with van der Waals surface area (Å²) >= 11 is 0.898. The average Bonchev–Trinajstić information content (AvgIpc) is 2.98. The molecule has 2 aromatic carbocycles. The Balaban J connectivity index is 1.76. The number of ether oxygens (including phenoxy) is 2. The highest BCUT2D eigenvalue weighted by atomic mass is 32.2. The summed E-state index contributed by atoms with van der Waals surface area (Å²) in [6, 6.07) is 14.4. The second kappa shape index (κ2) is 9.98. The summed E-state index contributed by atoms with van der Waals surface area (Å²) in [5, 5.41) is 8.43. The predicted octanol–water partition coefficient (Wildman–Crippen LogP) is 4.18. The molecule has 1 heterocycles. The molecular weight excluding hydrogens is 406 g/mol. The SMILES string of the molecule is CCOc1cc(/C=C2/SC(=O)N(Cc3ccccc3)C2=O)ccc1OCCC(=O)O. The number of thioether (sulfide) groups is 1. The first-order chi connectivity index (χ1) is 14.5. The molecule has 3 rings (SSSR count). The van der Waals surface area contributed by atoms with E-state index >= 15 is 0 Å². The predicted molar refractivity (Wildman–Crippen MR) is 113 cm³/mol. The van der Waals surface area contributed by atoms with Gasteiger partial charge in [0, 0.05) is 0 Å². The monoisotopic (exact) mass is 427 g/mol. The minimum Gasteiger partial charge on any atom is -0.490 e. The number of carbonyl (C=O) groups excluding carboxylic acids is 2. The average molecular weight is 427 g/mol. The highest BCUT2D eigenvalue weighted by Gasteiger charge is 2.35. The third-order valence-corrected chi connectivity index (χ3v) is 5.10. The van der Waals surface area contributed by atoms with Gasteiger partial charge in [-0.1, -0.05) is 36.4 Å². The molecule has 156 valence electrons. The van der Waals surface area contributed by atoms with Crippen LogP contribution in [0.3, 0.4) is 0 Å². The fraction of sp³-hybridized carbons (Fsp3) is 0.227. The number of amides is 2. The van der Waals surface area contributed by atoms with Crippen molar-refractivity contribution in [1.29, 1.82) is 0 Å². The molecule has 1 N–H and O–H groups in total. The van der Waals surface area contributed by atoms with Crippen LogP contribution in [0.15, 0.2) is 53.4 Å². The highest BCUT2D eigenvalue weighted by molar-refractivity contribution is 8.18. The molecule has 2 amide bonds. The van der Waals surface area contributed by atoms with E-state index in [1.807, 2.05) is 37.3 Å². The summed E-state index contributed by atoms with van der Waals surface area (Å²) in [5.74, 6) is -0.419. The van der Waals surface area contributed by atoms with Gasteiger partial charge in [0.05, 0.1) is 31.1 Å². The maximum atomic E-state index is 12.7. The minimum absolute atomic E-state index is 0.0210. The van der Waals surface area contributed by atoms with E-state index in [0.717, 1.165) is 17.3 Å². The van der Waals surface area contributed by atoms with Gasteiger partial charge in [-0.05, 0) is 48.0 Å². The van der Waals surface area contributed by atoms with Crippen LogP contribution in [0.25, 0.3) is 6.08 Å². The lowest BCUT2D eigenvalue weighted by molar-refractivity contribution is -0.137. The number of hydrogen-bond donors (Lipinski definition) is 1. The molecule has 2 aromatic rings. The Morgan fingerprint density at radius 3 is 2.57 bits per heavy atom. The van der Waals surface area contributed by atoms with Crippen LogP contribution in [0.5, 0.6) is 11.5 Å². The van der Waals surface area contributed by atoms with E-state index in [-0.39, 0.29) is 30.7 Å². The van der Waals surface area contributed by atoms with Crippen molar-refractivity contribution in [2.75, 3.05) is 13.2 Å². The Morgan fingerprint density at radius 2 is 1.87 bits per heavy atom. The topological polar surface area (TPSA) is 93.1 Å². The van der Waals surface area contributed by atoms with Gasteiger partial charge in [0.2, 0.25) is 0 Å². The van der Waals surface area contributed by atoms with Crippen molar-refractivity contribution in [3.8, 4) is 11.5 Å². The van der Waals surface area contributed by atoms with E-state index in [0.29, 0.717) is 28.6 Å². The Bertz CT molecular complexity index is 973. The zero-order valence-electron chi connectivity index (χ0n) is 16.4. The van der Waals surface area contributed by atoms with Crippen LogP contribution in [0, 0.1) is 0 Å². The molecule has 0 aromatic heterocycles. The molecule has 1 aliphatic rings. The fourth-order valence-corrected chi connectivity index (χ4v) is 3.64. The summed E-state index contributed by atoms with van der Waals surface area (Å²) in [7, 11) is 0. The number of rotatable bonds is 9. The number of nitrogens with zero attached hydrogens (tertiary/aromatic N) is 1. The van der Waals surface area contributed by atoms with Crippen molar-refractivity contribution in [3.05, 3.63) is 64.6 Å². The highest BCUT2D eigenvalue weighted by Crippen LogP contribution is 2.35. The Morgan fingerprint density at radius 1 is 1.10 bits per heavy atom. The Labute approximate surface area is 178 Å². The first kappa shape index (κ1) is 21.4. The number of benzene rings is 2. The number of carboxylic acids is 1. The van der Waals surface area contributed by atoms with Gasteiger partial charge in [0.15, 0.2) is 11.5 Å². The van der Waals surface area contributed by atoms with Gasteiger partial charge in [-0.3, -0.25) is 19.3 Å². The maximum absolute atomic E-state index is 12.7. The number of carbonyl (C=O) groups is 3. The molecule has 0 aliphatic carbocycles. The quantitative estimate of drug-likeness (QED) is 0.600. The first-order valence-corrected chi connectivity index (χ1v) is 10.2. The smallest absolute Gasteiger partial charge is 0.306 e. The van der Waals surface area contributed by atoms with Gasteiger partial charge in [-0.2, -0.15) is 0 Å². The van der Waals surface area contributed by atoms with Crippen molar-refractivity contribution in [1.82, 2.24) is 4.90 Å². The molecule has 0 saturated carbocycles. The second-order valence-electron chi connectivity index (χ2n) is 6.38. The van der Waals surface area contributed by atoms with Crippen LogP contribution in [0.2, 0.25) is 0 Å². The van der Waals surface area contributed by atoms with E-state index in [9.17, 15) is 14.4 Å². The number of aliphatic carboxylic acids is 1. The van der Waals surface area contributed by atoms with E-state index < -0.39 is 5.97 Å².